The Morgan fingerprint density at radius 1 is 1.05 bits per heavy atom. The molecule has 0 saturated carbocycles. The molecule has 3 aromatic rings. The number of hydrogen-bond acceptors (Lipinski definition) is 3. The molecule has 0 fully saturated rings. The number of carbonyl (C=O) groups excluding carboxylic acids is 1. The van der Waals surface area contributed by atoms with Gasteiger partial charge in [-0.05, 0) is 17.0 Å². The first-order chi connectivity index (χ1) is 10.3. The van der Waals surface area contributed by atoms with Gasteiger partial charge in [-0.25, -0.2) is 9.78 Å². The standard InChI is InChI=1S/C18H15NO2/c1-21-18(20)17-12-14-9-5-6-10-15(14)16(19-17)11-13-7-3-2-4-8-13/h2-10,12H,11H2,1H3. The lowest BCUT2D eigenvalue weighted by molar-refractivity contribution is 0.0594. The molecule has 0 aliphatic heterocycles. The van der Waals surface area contributed by atoms with E-state index in [2.05, 4.69) is 17.1 Å². The van der Waals surface area contributed by atoms with Gasteiger partial charge in [0, 0.05) is 11.8 Å². The third-order valence-electron chi connectivity index (χ3n) is 3.43. The van der Waals surface area contributed by atoms with Crippen LogP contribution in [0.1, 0.15) is 21.7 Å². The van der Waals surface area contributed by atoms with Crippen molar-refractivity contribution in [2.75, 3.05) is 7.11 Å². The molecular formula is C18H15NO2. The number of pyridine rings is 1. The highest BCUT2D eigenvalue weighted by Crippen LogP contribution is 2.21. The lowest BCUT2D eigenvalue weighted by Crippen LogP contribution is -2.07. The van der Waals surface area contributed by atoms with Crippen LogP contribution in [0.4, 0.5) is 0 Å². The molecule has 0 unspecified atom stereocenters. The largest absolute Gasteiger partial charge is 0.464 e. The molecule has 104 valence electrons. The Morgan fingerprint density at radius 3 is 2.52 bits per heavy atom. The van der Waals surface area contributed by atoms with Gasteiger partial charge in [0.15, 0.2) is 0 Å². The summed E-state index contributed by atoms with van der Waals surface area (Å²) >= 11 is 0. The summed E-state index contributed by atoms with van der Waals surface area (Å²) in [5.74, 6) is -0.407. The number of benzene rings is 2. The predicted octanol–water partition coefficient (Wildman–Crippen LogP) is 3.61. The van der Waals surface area contributed by atoms with Gasteiger partial charge >= 0.3 is 5.97 Å². The quantitative estimate of drug-likeness (QED) is 0.686. The minimum Gasteiger partial charge on any atom is -0.464 e. The molecule has 0 saturated heterocycles. The molecule has 1 heterocycles. The van der Waals surface area contributed by atoms with E-state index in [0.717, 1.165) is 22.0 Å². The van der Waals surface area contributed by atoms with Crippen molar-refractivity contribution in [1.82, 2.24) is 4.98 Å². The number of ether oxygens (including phenoxy) is 1. The maximum absolute atomic E-state index is 11.8. The van der Waals surface area contributed by atoms with Crippen LogP contribution >= 0.6 is 0 Å². The van der Waals surface area contributed by atoms with Crippen LogP contribution in [-0.4, -0.2) is 18.1 Å². The number of carbonyl (C=O) groups is 1. The van der Waals surface area contributed by atoms with E-state index in [9.17, 15) is 4.79 Å². The topological polar surface area (TPSA) is 39.2 Å². The molecule has 3 heteroatoms. The average Bonchev–Trinajstić information content (AvgIpc) is 2.55. The minimum absolute atomic E-state index is 0.349. The van der Waals surface area contributed by atoms with Gasteiger partial charge in [-0.2, -0.15) is 0 Å². The van der Waals surface area contributed by atoms with E-state index < -0.39 is 5.97 Å². The van der Waals surface area contributed by atoms with Gasteiger partial charge in [0.25, 0.3) is 0 Å². The van der Waals surface area contributed by atoms with Crippen molar-refractivity contribution in [1.29, 1.82) is 0 Å². The third kappa shape index (κ3) is 2.77. The van der Waals surface area contributed by atoms with Crippen LogP contribution in [0.5, 0.6) is 0 Å². The zero-order chi connectivity index (χ0) is 14.7. The maximum Gasteiger partial charge on any atom is 0.356 e. The molecule has 1 aromatic heterocycles. The number of hydrogen-bond donors (Lipinski definition) is 0. The van der Waals surface area contributed by atoms with Crippen molar-refractivity contribution in [3.63, 3.8) is 0 Å². The second-order valence-corrected chi connectivity index (χ2v) is 4.83. The summed E-state index contributed by atoms with van der Waals surface area (Å²) in [6.07, 6.45) is 0.687. The Labute approximate surface area is 123 Å². The number of aromatic nitrogens is 1. The first kappa shape index (κ1) is 13.3. The highest BCUT2D eigenvalue weighted by Gasteiger charge is 2.12. The molecule has 0 spiro atoms. The van der Waals surface area contributed by atoms with Crippen LogP contribution in [0, 0.1) is 0 Å². The Morgan fingerprint density at radius 2 is 1.76 bits per heavy atom. The molecule has 0 aliphatic rings. The van der Waals surface area contributed by atoms with E-state index >= 15 is 0 Å². The molecular weight excluding hydrogens is 262 g/mol. The highest BCUT2D eigenvalue weighted by molar-refractivity contribution is 5.94. The molecule has 0 aliphatic carbocycles. The normalized spacial score (nSPS) is 10.5. The summed E-state index contributed by atoms with van der Waals surface area (Å²) in [5, 5.41) is 2.06. The highest BCUT2D eigenvalue weighted by atomic mass is 16.5. The summed E-state index contributed by atoms with van der Waals surface area (Å²) in [5.41, 5.74) is 2.40. The summed E-state index contributed by atoms with van der Waals surface area (Å²) in [6.45, 7) is 0. The van der Waals surface area contributed by atoms with Gasteiger partial charge < -0.3 is 4.74 Å². The van der Waals surface area contributed by atoms with Crippen LogP contribution in [0.3, 0.4) is 0 Å². The fourth-order valence-corrected chi connectivity index (χ4v) is 2.40. The smallest absolute Gasteiger partial charge is 0.356 e. The Bertz CT molecular complexity index is 782. The number of esters is 1. The van der Waals surface area contributed by atoms with Crippen molar-refractivity contribution < 1.29 is 9.53 Å². The second-order valence-electron chi connectivity index (χ2n) is 4.83. The molecule has 3 rings (SSSR count). The molecule has 2 aromatic carbocycles. The first-order valence-corrected chi connectivity index (χ1v) is 6.79. The van der Waals surface area contributed by atoms with Gasteiger partial charge in [0.1, 0.15) is 5.69 Å². The zero-order valence-corrected chi connectivity index (χ0v) is 11.7. The number of nitrogens with zero attached hydrogens (tertiary/aromatic N) is 1. The monoisotopic (exact) mass is 277 g/mol. The molecule has 0 N–H and O–H groups in total. The molecule has 3 nitrogen and oxygen atoms in total. The van der Waals surface area contributed by atoms with Gasteiger partial charge in [0.05, 0.1) is 12.8 Å². The van der Waals surface area contributed by atoms with Crippen LogP contribution in [-0.2, 0) is 11.2 Å². The molecule has 0 radical (unpaired) electrons. The average molecular weight is 277 g/mol. The van der Waals surface area contributed by atoms with Crippen molar-refractivity contribution in [2.24, 2.45) is 0 Å². The fraction of sp³-hybridized carbons (Fsp3) is 0.111. The van der Waals surface area contributed by atoms with Gasteiger partial charge in [-0.1, -0.05) is 54.6 Å². The van der Waals surface area contributed by atoms with Crippen molar-refractivity contribution in [3.05, 3.63) is 77.6 Å². The molecule has 0 atom stereocenters. The lowest BCUT2D eigenvalue weighted by Gasteiger charge is -2.08. The molecule has 21 heavy (non-hydrogen) atoms. The first-order valence-electron chi connectivity index (χ1n) is 6.79. The lowest BCUT2D eigenvalue weighted by atomic mass is 10.0. The summed E-state index contributed by atoms with van der Waals surface area (Å²) in [6, 6.07) is 19.8. The SMILES string of the molecule is COC(=O)c1cc2ccccc2c(Cc2ccccc2)n1. The van der Waals surface area contributed by atoms with E-state index in [1.165, 1.54) is 7.11 Å². The van der Waals surface area contributed by atoms with Crippen LogP contribution in [0.2, 0.25) is 0 Å². The van der Waals surface area contributed by atoms with Crippen molar-refractivity contribution in [2.45, 2.75) is 6.42 Å². The summed E-state index contributed by atoms with van der Waals surface area (Å²) in [4.78, 5) is 16.3. The van der Waals surface area contributed by atoms with Gasteiger partial charge in [0.2, 0.25) is 0 Å². The van der Waals surface area contributed by atoms with E-state index in [1.807, 2.05) is 42.5 Å². The van der Waals surface area contributed by atoms with Crippen LogP contribution in [0.15, 0.2) is 60.7 Å². The van der Waals surface area contributed by atoms with E-state index in [0.29, 0.717) is 12.1 Å². The fourth-order valence-electron chi connectivity index (χ4n) is 2.40. The van der Waals surface area contributed by atoms with E-state index in [-0.39, 0.29) is 0 Å². The minimum atomic E-state index is -0.407. The number of rotatable bonds is 3. The van der Waals surface area contributed by atoms with E-state index in [1.54, 1.807) is 6.07 Å². The predicted molar refractivity (Wildman–Crippen MR) is 82.3 cm³/mol. The Hall–Kier alpha value is -2.68. The number of fused-ring (bicyclic) bond motifs is 1. The number of methoxy groups -OCH3 is 1. The maximum atomic E-state index is 11.8. The van der Waals surface area contributed by atoms with Gasteiger partial charge in [-0.3, -0.25) is 0 Å². The summed E-state index contributed by atoms with van der Waals surface area (Å²) < 4.78 is 4.79. The van der Waals surface area contributed by atoms with E-state index in [4.69, 9.17) is 4.74 Å². The van der Waals surface area contributed by atoms with Gasteiger partial charge in [-0.15, -0.1) is 0 Å². The van der Waals surface area contributed by atoms with Crippen molar-refractivity contribution in [3.8, 4) is 0 Å². The Kier molecular flexibility index (Phi) is 3.65. The second kappa shape index (κ2) is 5.75. The van der Waals surface area contributed by atoms with Crippen molar-refractivity contribution >= 4 is 16.7 Å². The molecule has 0 bridgehead atoms. The summed E-state index contributed by atoms with van der Waals surface area (Å²) in [7, 11) is 1.37. The van der Waals surface area contributed by atoms with Crippen LogP contribution in [0.25, 0.3) is 10.8 Å². The Balaban J connectivity index is 2.12. The van der Waals surface area contributed by atoms with Crippen LogP contribution < -0.4 is 0 Å². The third-order valence-corrected chi connectivity index (χ3v) is 3.43. The zero-order valence-electron chi connectivity index (χ0n) is 11.7. The molecule has 0 amide bonds.